The number of carboxylic acid groups (broad SMARTS) is 1. The van der Waals surface area contributed by atoms with Crippen molar-refractivity contribution in [2.45, 2.75) is 50.5 Å². The molecule has 0 aromatic carbocycles. The molecular weight excluding hydrogens is 276 g/mol. The van der Waals surface area contributed by atoms with Gasteiger partial charge in [-0.15, -0.1) is 0 Å². The highest BCUT2D eigenvalue weighted by Crippen LogP contribution is 2.28. The molecule has 5 nitrogen and oxygen atoms in total. The third-order valence-corrected chi connectivity index (χ3v) is 5.41. The van der Waals surface area contributed by atoms with Gasteiger partial charge < -0.3 is 15.7 Å². The Morgan fingerprint density at radius 2 is 1.80 bits per heavy atom. The molecule has 2 amide bonds. The van der Waals surface area contributed by atoms with E-state index in [1.165, 1.54) is 0 Å². The molecule has 0 radical (unpaired) electrons. The van der Waals surface area contributed by atoms with Crippen LogP contribution in [0.4, 0.5) is 4.79 Å². The Kier molecular flexibility index (Phi) is 5.57. The third-order valence-electron chi connectivity index (χ3n) is 4.36. The molecular formula is C14H24N2O3S. The zero-order valence-corrected chi connectivity index (χ0v) is 12.6. The van der Waals surface area contributed by atoms with Crippen LogP contribution in [0.3, 0.4) is 0 Å². The lowest BCUT2D eigenvalue weighted by Crippen LogP contribution is -2.58. The average Bonchev–Trinajstić information content (AvgIpc) is 2.47. The van der Waals surface area contributed by atoms with Crippen LogP contribution in [0, 0.1) is 5.92 Å². The first-order valence-electron chi connectivity index (χ1n) is 7.49. The van der Waals surface area contributed by atoms with Gasteiger partial charge in [0.2, 0.25) is 0 Å². The zero-order chi connectivity index (χ0) is 14.4. The molecule has 0 aromatic heterocycles. The van der Waals surface area contributed by atoms with Gasteiger partial charge in [-0.05, 0) is 43.1 Å². The van der Waals surface area contributed by atoms with Crippen molar-refractivity contribution in [3.63, 3.8) is 0 Å². The highest BCUT2D eigenvalue weighted by Gasteiger charge is 2.40. The SMILES string of the molecule is O=C(NCC1CCSCC1)NC1(C(=O)O)CCCCC1. The fourth-order valence-corrected chi connectivity index (χ4v) is 4.20. The predicted octanol–water partition coefficient (Wildman–Crippen LogP) is 2.22. The molecule has 1 heterocycles. The lowest BCUT2D eigenvalue weighted by atomic mass is 9.82. The Morgan fingerprint density at radius 1 is 1.15 bits per heavy atom. The lowest BCUT2D eigenvalue weighted by Gasteiger charge is -2.34. The standard InChI is InChI=1S/C14H24N2O3S/c17-12(18)14(6-2-1-3-7-14)16-13(19)15-10-11-4-8-20-9-5-11/h11H,1-10H2,(H,17,18)(H2,15,16,19). The van der Waals surface area contributed by atoms with Crippen molar-refractivity contribution in [3.8, 4) is 0 Å². The Bertz CT molecular complexity index is 350. The Morgan fingerprint density at radius 3 is 2.40 bits per heavy atom. The number of aliphatic carboxylic acids is 1. The Balaban J connectivity index is 1.80. The number of hydrogen-bond donors (Lipinski definition) is 3. The van der Waals surface area contributed by atoms with Crippen molar-refractivity contribution < 1.29 is 14.7 Å². The molecule has 0 bridgehead atoms. The van der Waals surface area contributed by atoms with E-state index in [4.69, 9.17) is 0 Å². The first-order chi connectivity index (χ1) is 9.62. The number of nitrogens with one attached hydrogen (secondary N) is 2. The van der Waals surface area contributed by atoms with Gasteiger partial charge in [0.15, 0.2) is 0 Å². The van der Waals surface area contributed by atoms with Crippen LogP contribution in [0.5, 0.6) is 0 Å². The van der Waals surface area contributed by atoms with Gasteiger partial charge in [0, 0.05) is 6.54 Å². The van der Waals surface area contributed by atoms with Gasteiger partial charge in [-0.3, -0.25) is 0 Å². The molecule has 1 aliphatic heterocycles. The lowest BCUT2D eigenvalue weighted by molar-refractivity contribution is -0.145. The van der Waals surface area contributed by atoms with Crippen LogP contribution in [0.2, 0.25) is 0 Å². The van der Waals surface area contributed by atoms with E-state index in [9.17, 15) is 14.7 Å². The van der Waals surface area contributed by atoms with Crippen LogP contribution in [0.1, 0.15) is 44.9 Å². The number of hydrogen-bond acceptors (Lipinski definition) is 3. The Hall–Kier alpha value is -0.910. The summed E-state index contributed by atoms with van der Waals surface area (Å²) in [5.41, 5.74) is -1.05. The van der Waals surface area contributed by atoms with Gasteiger partial charge >= 0.3 is 12.0 Å². The first-order valence-corrected chi connectivity index (χ1v) is 8.65. The third kappa shape index (κ3) is 4.04. The first kappa shape index (κ1) is 15.5. The fourth-order valence-electron chi connectivity index (χ4n) is 3.00. The van der Waals surface area contributed by atoms with Crippen molar-refractivity contribution in [2.75, 3.05) is 18.1 Å². The molecule has 0 unspecified atom stereocenters. The molecule has 1 aliphatic carbocycles. The van der Waals surface area contributed by atoms with Crippen LogP contribution < -0.4 is 10.6 Å². The predicted molar refractivity (Wildman–Crippen MR) is 80.0 cm³/mol. The maximum absolute atomic E-state index is 12.0. The summed E-state index contributed by atoms with van der Waals surface area (Å²) in [6.45, 7) is 0.655. The zero-order valence-electron chi connectivity index (χ0n) is 11.8. The van der Waals surface area contributed by atoms with Crippen LogP contribution in [-0.2, 0) is 4.79 Å². The van der Waals surface area contributed by atoms with E-state index >= 15 is 0 Å². The fraction of sp³-hybridized carbons (Fsp3) is 0.857. The normalized spacial score (nSPS) is 23.0. The molecule has 0 aromatic rings. The van der Waals surface area contributed by atoms with E-state index in [0.717, 1.165) is 43.6 Å². The largest absolute Gasteiger partial charge is 0.480 e. The van der Waals surface area contributed by atoms with Crippen LogP contribution in [-0.4, -0.2) is 40.7 Å². The van der Waals surface area contributed by atoms with Gasteiger partial charge in [0.1, 0.15) is 5.54 Å². The summed E-state index contributed by atoms with van der Waals surface area (Å²) in [5, 5.41) is 15.0. The van der Waals surface area contributed by atoms with E-state index in [0.29, 0.717) is 25.3 Å². The summed E-state index contributed by atoms with van der Waals surface area (Å²) >= 11 is 1.96. The summed E-state index contributed by atoms with van der Waals surface area (Å²) in [7, 11) is 0. The smallest absolute Gasteiger partial charge is 0.329 e. The number of carbonyl (C=O) groups excluding carboxylic acids is 1. The van der Waals surface area contributed by atoms with E-state index < -0.39 is 11.5 Å². The van der Waals surface area contributed by atoms with E-state index in [-0.39, 0.29) is 6.03 Å². The molecule has 3 N–H and O–H groups in total. The van der Waals surface area contributed by atoms with Crippen LogP contribution in [0.15, 0.2) is 0 Å². The number of rotatable bonds is 4. The molecule has 2 rings (SSSR count). The van der Waals surface area contributed by atoms with Gasteiger partial charge in [-0.1, -0.05) is 19.3 Å². The molecule has 1 saturated carbocycles. The minimum absolute atomic E-state index is 0.326. The summed E-state index contributed by atoms with van der Waals surface area (Å²) in [6.07, 6.45) is 6.13. The molecule has 6 heteroatoms. The number of carboxylic acids is 1. The van der Waals surface area contributed by atoms with E-state index in [1.807, 2.05) is 11.8 Å². The monoisotopic (exact) mass is 300 g/mol. The summed E-state index contributed by atoms with van der Waals surface area (Å²) in [4.78, 5) is 23.4. The highest BCUT2D eigenvalue weighted by molar-refractivity contribution is 7.99. The van der Waals surface area contributed by atoms with Crippen LogP contribution >= 0.6 is 11.8 Å². The molecule has 114 valence electrons. The quantitative estimate of drug-likeness (QED) is 0.744. The van der Waals surface area contributed by atoms with Gasteiger partial charge in [-0.2, -0.15) is 11.8 Å². The van der Waals surface area contributed by atoms with Crippen molar-refractivity contribution >= 4 is 23.8 Å². The highest BCUT2D eigenvalue weighted by atomic mass is 32.2. The van der Waals surface area contributed by atoms with Gasteiger partial charge in [-0.25, -0.2) is 9.59 Å². The van der Waals surface area contributed by atoms with Crippen molar-refractivity contribution in [2.24, 2.45) is 5.92 Å². The maximum atomic E-state index is 12.0. The molecule has 1 saturated heterocycles. The minimum atomic E-state index is -1.05. The van der Waals surface area contributed by atoms with E-state index in [1.54, 1.807) is 0 Å². The number of urea groups is 1. The second-order valence-electron chi connectivity index (χ2n) is 5.84. The van der Waals surface area contributed by atoms with E-state index in [2.05, 4.69) is 10.6 Å². The topological polar surface area (TPSA) is 78.4 Å². The molecule has 20 heavy (non-hydrogen) atoms. The Labute approximate surface area is 124 Å². The van der Waals surface area contributed by atoms with Gasteiger partial charge in [0.05, 0.1) is 0 Å². The minimum Gasteiger partial charge on any atom is -0.480 e. The maximum Gasteiger partial charge on any atom is 0.329 e. The second kappa shape index (κ2) is 7.20. The molecule has 2 fully saturated rings. The molecule has 2 aliphatic rings. The summed E-state index contributed by atoms with van der Waals surface area (Å²) < 4.78 is 0. The second-order valence-corrected chi connectivity index (χ2v) is 7.06. The summed E-state index contributed by atoms with van der Waals surface area (Å²) in [6, 6.07) is -0.326. The number of thioether (sulfide) groups is 1. The van der Waals surface area contributed by atoms with Crippen molar-refractivity contribution in [1.82, 2.24) is 10.6 Å². The summed E-state index contributed by atoms with van der Waals surface area (Å²) in [5.74, 6) is 1.95. The number of amides is 2. The molecule has 0 spiro atoms. The van der Waals surface area contributed by atoms with Crippen molar-refractivity contribution in [3.05, 3.63) is 0 Å². The molecule has 0 atom stereocenters. The van der Waals surface area contributed by atoms with Crippen LogP contribution in [0.25, 0.3) is 0 Å². The average molecular weight is 300 g/mol. The van der Waals surface area contributed by atoms with Crippen molar-refractivity contribution in [1.29, 1.82) is 0 Å². The van der Waals surface area contributed by atoms with Gasteiger partial charge in [0.25, 0.3) is 0 Å². The number of carbonyl (C=O) groups is 2.